The molecule has 0 aromatic heterocycles. The SMILES string of the molecule is Cc1cccc(C(O)c2ccc3c(c2)CCCC3)c1I. The predicted octanol–water partition coefficient (Wildman–Crippen LogP) is 4.56. The first-order valence-corrected chi connectivity index (χ1v) is 8.29. The van der Waals surface area contributed by atoms with Crippen molar-refractivity contribution in [3.05, 3.63) is 67.8 Å². The average Bonchev–Trinajstić information content (AvgIpc) is 2.49. The first-order chi connectivity index (χ1) is 9.66. The summed E-state index contributed by atoms with van der Waals surface area (Å²) in [6, 6.07) is 12.6. The standard InChI is InChI=1S/C18H19IO/c1-12-5-4-8-16(17(12)19)18(20)15-10-9-13-6-2-3-7-14(13)11-15/h4-5,8-11,18,20H,2-3,6-7H2,1H3. The lowest BCUT2D eigenvalue weighted by atomic mass is 9.88. The molecule has 20 heavy (non-hydrogen) atoms. The van der Waals surface area contributed by atoms with E-state index in [2.05, 4.69) is 53.8 Å². The third kappa shape index (κ3) is 2.63. The number of aliphatic hydroxyl groups excluding tert-OH is 1. The summed E-state index contributed by atoms with van der Waals surface area (Å²) in [5, 5.41) is 10.7. The van der Waals surface area contributed by atoms with Crippen LogP contribution in [0.15, 0.2) is 36.4 Å². The highest BCUT2D eigenvalue weighted by atomic mass is 127. The van der Waals surface area contributed by atoms with Crippen molar-refractivity contribution in [3.8, 4) is 0 Å². The zero-order valence-corrected chi connectivity index (χ0v) is 13.9. The molecule has 2 heteroatoms. The van der Waals surface area contributed by atoms with Gasteiger partial charge in [-0.15, -0.1) is 0 Å². The Labute approximate surface area is 134 Å². The largest absolute Gasteiger partial charge is 0.384 e. The fourth-order valence-electron chi connectivity index (χ4n) is 2.98. The maximum absolute atomic E-state index is 10.7. The van der Waals surface area contributed by atoms with E-state index in [1.165, 1.54) is 36.0 Å². The van der Waals surface area contributed by atoms with Gasteiger partial charge in [0.2, 0.25) is 0 Å². The van der Waals surface area contributed by atoms with Crippen LogP contribution in [0.25, 0.3) is 0 Å². The van der Waals surface area contributed by atoms with Gasteiger partial charge in [0.05, 0.1) is 0 Å². The summed E-state index contributed by atoms with van der Waals surface area (Å²) in [6.07, 6.45) is 4.39. The number of hydrogen-bond donors (Lipinski definition) is 1. The predicted molar refractivity (Wildman–Crippen MR) is 91.0 cm³/mol. The van der Waals surface area contributed by atoms with Crippen molar-refractivity contribution in [1.82, 2.24) is 0 Å². The molecule has 3 rings (SSSR count). The van der Waals surface area contributed by atoms with E-state index in [0.29, 0.717) is 0 Å². The van der Waals surface area contributed by atoms with Gasteiger partial charge >= 0.3 is 0 Å². The van der Waals surface area contributed by atoms with Crippen molar-refractivity contribution in [2.24, 2.45) is 0 Å². The van der Waals surface area contributed by atoms with Gasteiger partial charge in [0.15, 0.2) is 0 Å². The summed E-state index contributed by atoms with van der Waals surface area (Å²) in [5.74, 6) is 0. The molecular weight excluding hydrogens is 359 g/mol. The molecule has 1 unspecified atom stereocenters. The molecule has 0 aliphatic heterocycles. The maximum Gasteiger partial charge on any atom is 0.105 e. The molecule has 0 radical (unpaired) electrons. The van der Waals surface area contributed by atoms with E-state index in [1.54, 1.807) is 0 Å². The van der Waals surface area contributed by atoms with Crippen LogP contribution in [0, 0.1) is 10.5 Å². The van der Waals surface area contributed by atoms with Gasteiger partial charge in [0, 0.05) is 3.57 Å². The Morgan fingerprint density at radius 2 is 1.80 bits per heavy atom. The van der Waals surface area contributed by atoms with Crippen LogP contribution in [0.4, 0.5) is 0 Å². The third-order valence-corrected chi connectivity index (χ3v) is 5.68. The number of rotatable bonds is 2. The first-order valence-electron chi connectivity index (χ1n) is 7.21. The highest BCUT2D eigenvalue weighted by molar-refractivity contribution is 14.1. The molecule has 0 saturated heterocycles. The molecule has 0 bridgehead atoms. The van der Waals surface area contributed by atoms with Crippen molar-refractivity contribution in [1.29, 1.82) is 0 Å². The summed E-state index contributed by atoms with van der Waals surface area (Å²) in [5.41, 5.74) is 6.15. The maximum atomic E-state index is 10.7. The van der Waals surface area contributed by atoms with Crippen LogP contribution in [-0.4, -0.2) is 5.11 Å². The molecular formula is C18H19IO. The Kier molecular flexibility index (Phi) is 4.13. The van der Waals surface area contributed by atoms with E-state index in [-0.39, 0.29) is 0 Å². The van der Waals surface area contributed by atoms with Crippen molar-refractivity contribution >= 4 is 22.6 Å². The number of halogens is 1. The number of aliphatic hydroxyl groups is 1. The van der Waals surface area contributed by atoms with Crippen molar-refractivity contribution in [2.75, 3.05) is 0 Å². The molecule has 1 aliphatic rings. The summed E-state index contributed by atoms with van der Waals surface area (Å²) in [6.45, 7) is 2.09. The quantitative estimate of drug-likeness (QED) is 0.760. The topological polar surface area (TPSA) is 20.2 Å². The lowest BCUT2D eigenvalue weighted by Gasteiger charge is -2.20. The zero-order valence-electron chi connectivity index (χ0n) is 11.7. The van der Waals surface area contributed by atoms with E-state index >= 15 is 0 Å². The summed E-state index contributed by atoms with van der Waals surface area (Å²) in [7, 11) is 0. The molecule has 0 heterocycles. The molecule has 104 valence electrons. The fraction of sp³-hybridized carbons (Fsp3) is 0.333. The van der Waals surface area contributed by atoms with Gasteiger partial charge in [-0.2, -0.15) is 0 Å². The molecule has 1 atom stereocenters. The first kappa shape index (κ1) is 14.1. The summed E-state index contributed by atoms with van der Waals surface area (Å²) < 4.78 is 1.16. The number of hydrogen-bond acceptors (Lipinski definition) is 1. The van der Waals surface area contributed by atoms with Crippen LogP contribution < -0.4 is 0 Å². The second-order valence-electron chi connectivity index (χ2n) is 5.62. The minimum Gasteiger partial charge on any atom is -0.384 e. The lowest BCUT2D eigenvalue weighted by Crippen LogP contribution is -2.07. The molecule has 1 aliphatic carbocycles. The fourth-order valence-corrected chi connectivity index (χ4v) is 3.64. The Bertz CT molecular complexity index is 633. The highest BCUT2D eigenvalue weighted by Gasteiger charge is 2.17. The minimum atomic E-state index is -0.519. The van der Waals surface area contributed by atoms with E-state index < -0.39 is 6.10 Å². The van der Waals surface area contributed by atoms with E-state index in [0.717, 1.165) is 21.1 Å². The van der Waals surface area contributed by atoms with Gasteiger partial charge < -0.3 is 5.11 Å². The van der Waals surface area contributed by atoms with Crippen molar-refractivity contribution < 1.29 is 5.11 Å². The summed E-state index contributed by atoms with van der Waals surface area (Å²) in [4.78, 5) is 0. The van der Waals surface area contributed by atoms with Crippen LogP contribution in [0.2, 0.25) is 0 Å². The van der Waals surface area contributed by atoms with Gasteiger partial charge in [-0.25, -0.2) is 0 Å². The number of fused-ring (bicyclic) bond motifs is 1. The molecule has 2 aromatic rings. The smallest absolute Gasteiger partial charge is 0.105 e. The molecule has 0 fully saturated rings. The van der Waals surface area contributed by atoms with E-state index in [4.69, 9.17) is 0 Å². The molecule has 0 spiro atoms. The number of aryl methyl sites for hydroxylation is 3. The molecule has 1 N–H and O–H groups in total. The zero-order chi connectivity index (χ0) is 14.1. The summed E-state index contributed by atoms with van der Waals surface area (Å²) >= 11 is 2.33. The van der Waals surface area contributed by atoms with Gasteiger partial charge in [0.1, 0.15) is 6.10 Å². The van der Waals surface area contributed by atoms with Gasteiger partial charge in [-0.1, -0.05) is 36.4 Å². The van der Waals surface area contributed by atoms with E-state index in [1.807, 2.05) is 12.1 Å². The monoisotopic (exact) mass is 378 g/mol. The van der Waals surface area contributed by atoms with Crippen LogP contribution >= 0.6 is 22.6 Å². The number of benzene rings is 2. The van der Waals surface area contributed by atoms with Crippen LogP contribution in [0.3, 0.4) is 0 Å². The second kappa shape index (κ2) is 5.86. The Balaban J connectivity index is 1.98. The Morgan fingerprint density at radius 3 is 2.60 bits per heavy atom. The van der Waals surface area contributed by atoms with Gasteiger partial charge in [0.25, 0.3) is 0 Å². The average molecular weight is 378 g/mol. The molecule has 0 saturated carbocycles. The van der Waals surface area contributed by atoms with Crippen molar-refractivity contribution in [2.45, 2.75) is 38.7 Å². The van der Waals surface area contributed by atoms with Crippen LogP contribution in [-0.2, 0) is 12.8 Å². The van der Waals surface area contributed by atoms with Gasteiger partial charge in [-0.3, -0.25) is 0 Å². The molecule has 1 nitrogen and oxygen atoms in total. The molecule has 0 amide bonds. The van der Waals surface area contributed by atoms with Crippen LogP contribution in [0.5, 0.6) is 0 Å². The van der Waals surface area contributed by atoms with E-state index in [9.17, 15) is 5.11 Å². The lowest BCUT2D eigenvalue weighted by molar-refractivity contribution is 0.219. The van der Waals surface area contributed by atoms with Crippen molar-refractivity contribution in [3.63, 3.8) is 0 Å². The normalized spacial score (nSPS) is 15.8. The van der Waals surface area contributed by atoms with Crippen LogP contribution in [0.1, 0.15) is 46.8 Å². The third-order valence-electron chi connectivity index (χ3n) is 4.20. The second-order valence-corrected chi connectivity index (χ2v) is 6.69. The molecule has 2 aromatic carbocycles. The van der Waals surface area contributed by atoms with Gasteiger partial charge in [-0.05, 0) is 83.0 Å². The highest BCUT2D eigenvalue weighted by Crippen LogP contribution is 2.30. The minimum absolute atomic E-state index is 0.519. The Hall–Kier alpha value is -0.870. The Morgan fingerprint density at radius 1 is 1.05 bits per heavy atom.